The van der Waals surface area contributed by atoms with Crippen molar-refractivity contribution in [3.8, 4) is 34.4 Å². The zero-order valence-corrected chi connectivity index (χ0v) is 31.8. The third-order valence-electron chi connectivity index (χ3n) is 8.92. The van der Waals surface area contributed by atoms with Gasteiger partial charge in [0.2, 0.25) is 5.91 Å². The molecule has 0 aliphatic rings. The molecule has 308 valence electrons. The molecule has 0 radical (unpaired) electrons. The van der Waals surface area contributed by atoms with E-state index in [9.17, 15) is 45.2 Å². The highest BCUT2D eigenvalue weighted by Crippen LogP contribution is 2.36. The Morgan fingerprint density at radius 3 is 1.76 bits per heavy atom. The Hall–Kier alpha value is -6.16. The van der Waals surface area contributed by atoms with Crippen molar-refractivity contribution in [1.82, 2.24) is 15.6 Å². The lowest BCUT2D eigenvalue weighted by Gasteiger charge is -2.30. The van der Waals surface area contributed by atoms with Crippen LogP contribution in [-0.4, -0.2) is 40.9 Å². The lowest BCUT2D eigenvalue weighted by molar-refractivity contribution is -0.161. The lowest BCUT2D eigenvalue weighted by Crippen LogP contribution is -2.53. The summed E-state index contributed by atoms with van der Waals surface area (Å²) in [6.07, 6.45) is -6.45. The SMILES string of the molecule is CC(C)(F)C[C@H](N[C@@H](c1ccc(-c2ccc(-c3ccncc3)cc2)cc1)C(F)(F)F)C(=O)N[C@H](C#N)Cc1ccccc1.N#CC(N)Cc1ccc(C(F)(F)F)cc1F. The summed E-state index contributed by atoms with van der Waals surface area (Å²) < 4.78 is 108. The number of nitriles is 2. The van der Waals surface area contributed by atoms with E-state index in [1.807, 2.05) is 42.5 Å². The second kappa shape index (κ2) is 20.0. The molecule has 4 aromatic carbocycles. The number of aromatic nitrogens is 1. The predicted octanol–water partition coefficient (Wildman–Crippen LogP) is 9.60. The first kappa shape index (κ1) is 45.5. The van der Waals surface area contributed by atoms with E-state index < -0.39 is 65.9 Å². The summed E-state index contributed by atoms with van der Waals surface area (Å²) in [7, 11) is 0. The molecule has 0 aliphatic carbocycles. The Kier molecular flexibility index (Phi) is 15.4. The first-order chi connectivity index (χ1) is 27.8. The number of nitrogens with zero attached hydrogens (tertiary/aromatic N) is 3. The Bertz CT molecular complexity index is 2200. The number of nitrogens with two attached hydrogens (primary N) is 1. The summed E-state index contributed by atoms with van der Waals surface area (Å²) in [5.41, 5.74) is 6.38. The van der Waals surface area contributed by atoms with E-state index in [0.29, 0.717) is 11.6 Å². The average molecular weight is 821 g/mol. The normalized spacial score (nSPS) is 13.7. The molecule has 0 aliphatic heterocycles. The topological polar surface area (TPSA) is 128 Å². The van der Waals surface area contributed by atoms with Crippen LogP contribution in [0, 0.1) is 28.5 Å². The van der Waals surface area contributed by atoms with Gasteiger partial charge in [0.25, 0.3) is 0 Å². The molecule has 0 fully saturated rings. The molecule has 1 unspecified atom stereocenters. The van der Waals surface area contributed by atoms with Gasteiger partial charge in [-0.3, -0.25) is 15.1 Å². The van der Waals surface area contributed by atoms with E-state index in [0.717, 1.165) is 34.4 Å². The summed E-state index contributed by atoms with van der Waals surface area (Å²) in [6.45, 7) is 2.39. The van der Waals surface area contributed by atoms with Crippen LogP contribution in [0.5, 0.6) is 0 Å². The van der Waals surface area contributed by atoms with Crippen molar-refractivity contribution >= 4 is 5.91 Å². The van der Waals surface area contributed by atoms with E-state index in [1.165, 1.54) is 26.0 Å². The molecule has 0 saturated carbocycles. The molecule has 0 saturated heterocycles. The van der Waals surface area contributed by atoms with Crippen LogP contribution in [0.4, 0.5) is 35.1 Å². The van der Waals surface area contributed by atoms with Gasteiger partial charge in [-0.2, -0.15) is 36.9 Å². The Morgan fingerprint density at radius 1 is 0.746 bits per heavy atom. The summed E-state index contributed by atoms with van der Waals surface area (Å²) >= 11 is 0. The lowest BCUT2D eigenvalue weighted by atomic mass is 9.95. The van der Waals surface area contributed by atoms with Crippen molar-refractivity contribution in [3.63, 3.8) is 0 Å². The standard InChI is InChI=1S/C34H32F4N4O.C10H8F4N2/c1-33(2,35)21-30(32(43)41-29(22-39)20-23-6-4-3-5-7-23)42-31(34(36,37)38)28-14-12-25(13-15-28)24-8-10-26(11-9-24)27-16-18-40-19-17-27;11-9-4-7(10(12,13)14)2-1-6(9)3-8(16)5-15/h3-19,29-31,42H,20-21H2,1-2H3,(H,41,43);1-2,4,8H,3,16H2/t29-,30-,31-;/m0./s1. The van der Waals surface area contributed by atoms with Gasteiger partial charge in [0.15, 0.2) is 0 Å². The van der Waals surface area contributed by atoms with Gasteiger partial charge < -0.3 is 11.1 Å². The molecule has 0 spiro atoms. The predicted molar refractivity (Wildman–Crippen MR) is 207 cm³/mol. The van der Waals surface area contributed by atoms with Crippen LogP contribution in [0.15, 0.2) is 122 Å². The minimum absolute atomic E-state index is 0.00190. The van der Waals surface area contributed by atoms with E-state index in [4.69, 9.17) is 11.0 Å². The van der Waals surface area contributed by atoms with Crippen molar-refractivity contribution < 1.29 is 39.9 Å². The van der Waals surface area contributed by atoms with Crippen LogP contribution in [0.3, 0.4) is 0 Å². The maximum absolute atomic E-state index is 14.7. The molecule has 59 heavy (non-hydrogen) atoms. The highest BCUT2D eigenvalue weighted by molar-refractivity contribution is 5.82. The third-order valence-corrected chi connectivity index (χ3v) is 8.92. The van der Waals surface area contributed by atoms with Gasteiger partial charge >= 0.3 is 12.4 Å². The van der Waals surface area contributed by atoms with Crippen LogP contribution in [0.2, 0.25) is 0 Å². The minimum atomic E-state index is -4.79. The molecule has 1 aromatic heterocycles. The monoisotopic (exact) mass is 820 g/mol. The van der Waals surface area contributed by atoms with Gasteiger partial charge in [0.05, 0.1) is 29.8 Å². The number of halogens is 8. The van der Waals surface area contributed by atoms with Gasteiger partial charge in [0, 0.05) is 31.7 Å². The molecule has 7 nitrogen and oxygen atoms in total. The fourth-order valence-electron chi connectivity index (χ4n) is 5.98. The van der Waals surface area contributed by atoms with Crippen molar-refractivity contribution in [2.45, 2.75) is 75.3 Å². The van der Waals surface area contributed by atoms with Crippen LogP contribution < -0.4 is 16.4 Å². The molecule has 4 atom stereocenters. The number of carbonyl (C=O) groups is 1. The fourth-order valence-corrected chi connectivity index (χ4v) is 5.98. The summed E-state index contributed by atoms with van der Waals surface area (Å²) in [5, 5.41) is 22.8. The number of pyridine rings is 1. The molecule has 1 heterocycles. The Balaban J connectivity index is 0.000000403. The van der Waals surface area contributed by atoms with Crippen LogP contribution in [0.1, 0.15) is 48.6 Å². The van der Waals surface area contributed by atoms with Crippen molar-refractivity contribution in [3.05, 3.63) is 150 Å². The van der Waals surface area contributed by atoms with Crippen molar-refractivity contribution in [1.29, 1.82) is 10.5 Å². The molecule has 15 heteroatoms. The van der Waals surface area contributed by atoms with Crippen molar-refractivity contribution in [2.75, 3.05) is 0 Å². The molecule has 1 amide bonds. The Labute approximate surface area is 336 Å². The second-order valence-electron chi connectivity index (χ2n) is 14.2. The molecule has 5 rings (SSSR count). The largest absolute Gasteiger partial charge is 0.416 e. The van der Waals surface area contributed by atoms with E-state index in [-0.39, 0.29) is 24.0 Å². The van der Waals surface area contributed by atoms with Gasteiger partial charge in [-0.15, -0.1) is 0 Å². The van der Waals surface area contributed by atoms with Gasteiger partial charge in [0.1, 0.15) is 23.6 Å². The molecule has 4 N–H and O–H groups in total. The number of hydrogen-bond acceptors (Lipinski definition) is 6. The number of amides is 1. The maximum atomic E-state index is 14.7. The number of nitrogens with one attached hydrogen (secondary N) is 2. The number of benzene rings is 4. The molecule has 5 aromatic rings. The average Bonchev–Trinajstić information content (AvgIpc) is 3.19. The fraction of sp³-hybridized carbons (Fsp3) is 0.273. The van der Waals surface area contributed by atoms with Gasteiger partial charge in [-0.25, -0.2) is 8.78 Å². The number of carbonyl (C=O) groups excluding carboxylic acids is 1. The van der Waals surface area contributed by atoms with Crippen LogP contribution >= 0.6 is 0 Å². The van der Waals surface area contributed by atoms with E-state index in [1.54, 1.807) is 60.9 Å². The van der Waals surface area contributed by atoms with E-state index in [2.05, 4.69) is 15.6 Å². The molecule has 0 bridgehead atoms. The number of hydrogen-bond donors (Lipinski definition) is 3. The van der Waals surface area contributed by atoms with Crippen molar-refractivity contribution in [2.24, 2.45) is 5.73 Å². The zero-order valence-electron chi connectivity index (χ0n) is 31.8. The van der Waals surface area contributed by atoms with Gasteiger partial charge in [-0.1, -0.05) is 84.9 Å². The maximum Gasteiger partial charge on any atom is 0.416 e. The Morgan fingerprint density at radius 2 is 1.29 bits per heavy atom. The first-order valence-electron chi connectivity index (χ1n) is 18.1. The third kappa shape index (κ3) is 14.0. The quantitative estimate of drug-likeness (QED) is 0.102. The zero-order chi connectivity index (χ0) is 43.4. The van der Waals surface area contributed by atoms with Crippen LogP contribution in [0.25, 0.3) is 22.3 Å². The highest BCUT2D eigenvalue weighted by atomic mass is 19.4. The van der Waals surface area contributed by atoms with Crippen LogP contribution in [-0.2, 0) is 23.8 Å². The molecular formula is C44H40F8N6O. The highest BCUT2D eigenvalue weighted by Gasteiger charge is 2.44. The summed E-state index contributed by atoms with van der Waals surface area (Å²) in [6, 6.07) is 26.2. The first-order valence-corrected chi connectivity index (χ1v) is 18.1. The number of rotatable bonds is 13. The summed E-state index contributed by atoms with van der Waals surface area (Å²) in [5.74, 6) is -1.88. The smallest absolute Gasteiger partial charge is 0.339 e. The molecular weight excluding hydrogens is 781 g/mol. The second-order valence-corrected chi connectivity index (χ2v) is 14.2. The minimum Gasteiger partial charge on any atom is -0.339 e. The summed E-state index contributed by atoms with van der Waals surface area (Å²) in [4.78, 5) is 17.2. The van der Waals surface area contributed by atoms with E-state index >= 15 is 0 Å². The number of alkyl halides is 7. The van der Waals surface area contributed by atoms with Gasteiger partial charge in [-0.05, 0) is 77.1 Å².